The highest BCUT2D eigenvalue weighted by Gasteiger charge is 2.26. The van der Waals surface area contributed by atoms with Gasteiger partial charge in [-0.15, -0.1) is 0 Å². The Hall–Kier alpha value is -2.54. The summed E-state index contributed by atoms with van der Waals surface area (Å²) in [5.74, 6) is 1.45. The second kappa shape index (κ2) is 7.57. The predicted octanol–water partition coefficient (Wildman–Crippen LogP) is 2.20. The van der Waals surface area contributed by atoms with Gasteiger partial charge >= 0.3 is 6.03 Å². The topological polar surface area (TPSA) is 70.8 Å². The number of urea groups is 1. The summed E-state index contributed by atoms with van der Waals surface area (Å²) in [7, 11) is 5.54. The van der Waals surface area contributed by atoms with E-state index >= 15 is 0 Å². The van der Waals surface area contributed by atoms with Gasteiger partial charge in [-0.2, -0.15) is 0 Å². The molecular weight excluding hydrogens is 320 g/mol. The zero-order valence-corrected chi connectivity index (χ0v) is 14.9. The number of ether oxygens (including phenoxy) is 1. The van der Waals surface area contributed by atoms with E-state index in [-0.39, 0.29) is 12.1 Å². The predicted molar refractivity (Wildman–Crippen MR) is 94.4 cm³/mol. The number of rotatable bonds is 5. The summed E-state index contributed by atoms with van der Waals surface area (Å²) < 4.78 is 10.5. The maximum Gasteiger partial charge on any atom is 0.317 e. The molecule has 0 saturated carbocycles. The number of likely N-dealkylation sites (N-methyl/N-ethyl adjacent to an activating group) is 2. The minimum atomic E-state index is -0.0886. The molecule has 0 aliphatic carbocycles. The molecule has 7 heteroatoms. The third-order valence-corrected chi connectivity index (χ3v) is 4.59. The smallest absolute Gasteiger partial charge is 0.317 e. The highest BCUT2D eigenvalue weighted by Crippen LogP contribution is 2.23. The van der Waals surface area contributed by atoms with E-state index in [1.165, 1.54) is 0 Å². The van der Waals surface area contributed by atoms with Gasteiger partial charge in [-0.05, 0) is 44.3 Å². The number of methoxy groups -OCH3 is 1. The van der Waals surface area contributed by atoms with Crippen LogP contribution >= 0.6 is 0 Å². The summed E-state index contributed by atoms with van der Waals surface area (Å²) in [5, 5.41) is 6.93. The number of amides is 2. The van der Waals surface area contributed by atoms with Crippen LogP contribution in [0.3, 0.4) is 0 Å². The van der Waals surface area contributed by atoms with Crippen LogP contribution in [0.4, 0.5) is 4.79 Å². The quantitative estimate of drug-likeness (QED) is 0.900. The molecule has 3 rings (SSSR count). The normalized spacial score (nSPS) is 17.5. The van der Waals surface area contributed by atoms with Crippen molar-refractivity contribution in [2.75, 3.05) is 34.3 Å². The van der Waals surface area contributed by atoms with Crippen molar-refractivity contribution in [3.8, 4) is 17.1 Å². The molecule has 25 heavy (non-hydrogen) atoms. The van der Waals surface area contributed by atoms with Gasteiger partial charge in [0.05, 0.1) is 13.7 Å². The number of carbonyl (C=O) groups is 1. The van der Waals surface area contributed by atoms with Gasteiger partial charge in [0.2, 0.25) is 0 Å². The van der Waals surface area contributed by atoms with E-state index < -0.39 is 0 Å². The molecule has 0 radical (unpaired) electrons. The van der Waals surface area contributed by atoms with E-state index in [1.807, 2.05) is 37.4 Å². The molecule has 1 N–H and O–H groups in total. The average Bonchev–Trinajstić information content (AvgIpc) is 3.28. The number of nitrogens with one attached hydrogen (secondary N) is 1. The van der Waals surface area contributed by atoms with Gasteiger partial charge in [-0.25, -0.2) is 4.79 Å². The third-order valence-electron chi connectivity index (χ3n) is 4.59. The minimum Gasteiger partial charge on any atom is -0.497 e. The lowest BCUT2D eigenvalue weighted by atomic mass is 10.1. The van der Waals surface area contributed by atoms with Gasteiger partial charge in [-0.1, -0.05) is 5.16 Å². The van der Waals surface area contributed by atoms with Crippen LogP contribution in [-0.4, -0.2) is 61.3 Å². The van der Waals surface area contributed by atoms with Crippen LogP contribution in [0, 0.1) is 0 Å². The average molecular weight is 344 g/mol. The van der Waals surface area contributed by atoms with Gasteiger partial charge in [0, 0.05) is 31.3 Å². The largest absolute Gasteiger partial charge is 0.497 e. The molecule has 134 valence electrons. The summed E-state index contributed by atoms with van der Waals surface area (Å²) in [6, 6.07) is 9.56. The first-order chi connectivity index (χ1) is 12.1. The molecular formula is C18H24N4O3. The Labute approximate surface area is 147 Å². The molecule has 0 bridgehead atoms. The van der Waals surface area contributed by atoms with Crippen molar-refractivity contribution in [3.63, 3.8) is 0 Å². The van der Waals surface area contributed by atoms with Crippen molar-refractivity contribution in [1.29, 1.82) is 0 Å². The fourth-order valence-corrected chi connectivity index (χ4v) is 2.97. The Morgan fingerprint density at radius 3 is 2.84 bits per heavy atom. The van der Waals surface area contributed by atoms with Crippen LogP contribution in [-0.2, 0) is 6.54 Å². The van der Waals surface area contributed by atoms with Crippen LogP contribution in [0.25, 0.3) is 11.3 Å². The number of nitrogens with zero attached hydrogens (tertiary/aromatic N) is 3. The SMILES string of the molecule is COc1ccc(-c2cc(CNC(=O)N(C)[C@H]3CCN(C)C3)no2)cc1. The molecule has 2 heterocycles. The summed E-state index contributed by atoms with van der Waals surface area (Å²) in [5.41, 5.74) is 1.60. The fourth-order valence-electron chi connectivity index (χ4n) is 2.97. The number of benzene rings is 1. The highest BCUT2D eigenvalue weighted by molar-refractivity contribution is 5.74. The van der Waals surface area contributed by atoms with E-state index in [1.54, 1.807) is 12.0 Å². The zero-order chi connectivity index (χ0) is 17.8. The van der Waals surface area contributed by atoms with Gasteiger partial charge < -0.3 is 24.4 Å². The zero-order valence-electron chi connectivity index (χ0n) is 14.9. The van der Waals surface area contributed by atoms with E-state index in [0.29, 0.717) is 18.0 Å². The Kier molecular flexibility index (Phi) is 5.23. The third kappa shape index (κ3) is 4.11. The van der Waals surface area contributed by atoms with E-state index in [9.17, 15) is 4.79 Å². The van der Waals surface area contributed by atoms with Gasteiger partial charge in [0.25, 0.3) is 0 Å². The molecule has 0 unspecified atom stereocenters. The maximum atomic E-state index is 12.3. The summed E-state index contributed by atoms with van der Waals surface area (Å²) in [4.78, 5) is 16.3. The Bertz CT molecular complexity index is 713. The first kappa shape index (κ1) is 17.3. The first-order valence-corrected chi connectivity index (χ1v) is 8.36. The van der Waals surface area contributed by atoms with Crippen LogP contribution in [0.2, 0.25) is 0 Å². The summed E-state index contributed by atoms with van der Waals surface area (Å²) >= 11 is 0. The molecule has 1 aliphatic heterocycles. The molecule has 2 amide bonds. The number of carbonyl (C=O) groups excluding carboxylic acids is 1. The van der Waals surface area contributed by atoms with Crippen molar-refractivity contribution in [2.45, 2.75) is 19.0 Å². The van der Waals surface area contributed by atoms with Gasteiger partial charge in [0.15, 0.2) is 5.76 Å². The molecule has 1 aromatic carbocycles. The van der Waals surface area contributed by atoms with Gasteiger partial charge in [-0.3, -0.25) is 0 Å². The standard InChI is InChI=1S/C18H24N4O3/c1-21-9-8-15(12-21)22(2)18(23)19-11-14-10-17(25-20-14)13-4-6-16(24-3)7-5-13/h4-7,10,15H,8-9,11-12H2,1-3H3,(H,19,23)/t15-/m0/s1. The monoisotopic (exact) mass is 344 g/mol. The number of hydrogen-bond donors (Lipinski definition) is 1. The minimum absolute atomic E-state index is 0.0886. The van der Waals surface area contributed by atoms with Crippen LogP contribution in [0.1, 0.15) is 12.1 Å². The maximum absolute atomic E-state index is 12.3. The first-order valence-electron chi connectivity index (χ1n) is 8.36. The summed E-state index contributed by atoms with van der Waals surface area (Å²) in [6.45, 7) is 2.28. The van der Waals surface area contributed by atoms with Crippen molar-refractivity contribution in [2.24, 2.45) is 0 Å². The van der Waals surface area contributed by atoms with Crippen LogP contribution in [0.15, 0.2) is 34.9 Å². The molecule has 7 nitrogen and oxygen atoms in total. The van der Waals surface area contributed by atoms with E-state index in [2.05, 4.69) is 22.4 Å². The van der Waals surface area contributed by atoms with Crippen LogP contribution in [0.5, 0.6) is 5.75 Å². The molecule has 0 spiro atoms. The second-order valence-corrected chi connectivity index (χ2v) is 6.39. The molecule has 1 aliphatic rings. The lowest BCUT2D eigenvalue weighted by Crippen LogP contribution is -2.44. The number of aromatic nitrogens is 1. The van der Waals surface area contributed by atoms with Gasteiger partial charge in [0.1, 0.15) is 11.4 Å². The second-order valence-electron chi connectivity index (χ2n) is 6.39. The van der Waals surface area contributed by atoms with Crippen molar-refractivity contribution in [1.82, 2.24) is 20.3 Å². The molecule has 1 fully saturated rings. The molecule has 2 aromatic rings. The number of hydrogen-bond acceptors (Lipinski definition) is 5. The fraction of sp³-hybridized carbons (Fsp3) is 0.444. The molecule has 1 atom stereocenters. The molecule has 1 saturated heterocycles. The van der Waals surface area contributed by atoms with Crippen molar-refractivity contribution < 1.29 is 14.1 Å². The Morgan fingerprint density at radius 1 is 1.44 bits per heavy atom. The van der Waals surface area contributed by atoms with Crippen molar-refractivity contribution in [3.05, 3.63) is 36.0 Å². The number of likely N-dealkylation sites (tertiary alicyclic amines) is 1. The Balaban J connectivity index is 1.55. The summed E-state index contributed by atoms with van der Waals surface area (Å²) in [6.07, 6.45) is 1.01. The van der Waals surface area contributed by atoms with E-state index in [4.69, 9.17) is 9.26 Å². The Morgan fingerprint density at radius 2 is 2.20 bits per heavy atom. The lowest BCUT2D eigenvalue weighted by molar-refractivity contribution is 0.190. The van der Waals surface area contributed by atoms with Crippen LogP contribution < -0.4 is 10.1 Å². The van der Waals surface area contributed by atoms with Crippen molar-refractivity contribution >= 4 is 6.03 Å². The lowest BCUT2D eigenvalue weighted by Gasteiger charge is -2.24. The van der Waals surface area contributed by atoms with E-state index in [0.717, 1.165) is 30.8 Å². The highest BCUT2D eigenvalue weighted by atomic mass is 16.5. The molecule has 1 aromatic heterocycles.